The van der Waals surface area contributed by atoms with E-state index in [4.69, 9.17) is 0 Å². The Kier molecular flexibility index (Phi) is 4.49. The molecule has 0 aliphatic rings. The van der Waals surface area contributed by atoms with Gasteiger partial charge >= 0.3 is 0 Å². The molecule has 0 aliphatic heterocycles. The molecule has 0 fully saturated rings. The molecular weight excluding hydrogens is 258 g/mol. The molecule has 1 aromatic rings. The van der Waals surface area contributed by atoms with Crippen LogP contribution in [0.1, 0.15) is 47.6 Å². The Balaban J connectivity index is 3.20. The average molecular weight is 281 g/mol. The highest BCUT2D eigenvalue weighted by molar-refractivity contribution is 5.96. The summed E-state index contributed by atoms with van der Waals surface area (Å²) < 4.78 is 1.25. The third kappa shape index (κ3) is 3.50. The number of aliphatic hydroxyl groups is 1. The highest BCUT2D eigenvalue weighted by atomic mass is 16.3. The number of aromatic nitrogens is 3. The minimum absolute atomic E-state index is 0.256. The van der Waals surface area contributed by atoms with Crippen molar-refractivity contribution in [1.82, 2.24) is 14.8 Å². The number of ketones is 2. The van der Waals surface area contributed by atoms with Crippen molar-refractivity contribution in [2.24, 2.45) is 10.8 Å². The van der Waals surface area contributed by atoms with Gasteiger partial charge in [0, 0.05) is 10.8 Å². The Bertz CT molecular complexity index is 481. The van der Waals surface area contributed by atoms with Crippen LogP contribution in [0, 0.1) is 10.8 Å². The van der Waals surface area contributed by atoms with Gasteiger partial charge in [-0.1, -0.05) is 41.5 Å². The normalized spacial score (nSPS) is 15.8. The number of carbonyl (C=O) groups excluding carboxylic acids is 2. The maximum Gasteiger partial charge on any atom is 0.169 e. The molecule has 0 saturated carbocycles. The summed E-state index contributed by atoms with van der Waals surface area (Å²) >= 11 is 0. The zero-order chi connectivity index (χ0) is 15.7. The topological polar surface area (TPSA) is 85.1 Å². The second-order valence-electron chi connectivity index (χ2n) is 6.99. The van der Waals surface area contributed by atoms with Gasteiger partial charge in [-0.25, -0.2) is 9.67 Å². The molecule has 0 bridgehead atoms. The van der Waals surface area contributed by atoms with E-state index in [9.17, 15) is 14.7 Å². The number of aliphatic hydroxyl groups excluding tert-OH is 1. The minimum Gasteiger partial charge on any atom is -0.383 e. The van der Waals surface area contributed by atoms with Crippen LogP contribution in [0.4, 0.5) is 0 Å². The largest absolute Gasteiger partial charge is 0.383 e. The zero-order valence-electron chi connectivity index (χ0n) is 12.9. The summed E-state index contributed by atoms with van der Waals surface area (Å²) in [4.78, 5) is 28.6. The fraction of sp³-hybridized carbons (Fsp3) is 0.714. The van der Waals surface area contributed by atoms with Gasteiger partial charge in [0.2, 0.25) is 0 Å². The standard InChI is InChI=1S/C14H23N3O3/c1-13(2,3)11(19)9(17-8-15-7-16-17)10(18)12(20)14(4,5)6/h7-10,18H,1-6H3. The van der Waals surface area contributed by atoms with Gasteiger partial charge in [0.25, 0.3) is 0 Å². The van der Waals surface area contributed by atoms with Gasteiger partial charge < -0.3 is 5.11 Å². The van der Waals surface area contributed by atoms with Crippen molar-refractivity contribution in [2.75, 3.05) is 0 Å². The molecular formula is C14H23N3O3. The molecule has 1 heterocycles. The average Bonchev–Trinajstić information content (AvgIpc) is 2.79. The van der Waals surface area contributed by atoms with E-state index in [1.54, 1.807) is 41.5 Å². The van der Waals surface area contributed by atoms with Crippen LogP contribution in [0.5, 0.6) is 0 Å². The highest BCUT2D eigenvalue weighted by Crippen LogP contribution is 2.29. The van der Waals surface area contributed by atoms with Gasteiger partial charge in [0.1, 0.15) is 24.8 Å². The Morgan fingerprint density at radius 1 is 1.05 bits per heavy atom. The number of hydrogen-bond donors (Lipinski definition) is 1. The van der Waals surface area contributed by atoms with Crippen molar-refractivity contribution in [3.63, 3.8) is 0 Å². The first-order valence-corrected chi connectivity index (χ1v) is 6.57. The van der Waals surface area contributed by atoms with Crippen molar-refractivity contribution < 1.29 is 14.7 Å². The molecule has 6 heteroatoms. The lowest BCUT2D eigenvalue weighted by atomic mass is 9.79. The van der Waals surface area contributed by atoms with Crippen molar-refractivity contribution in [3.8, 4) is 0 Å². The molecule has 112 valence electrons. The van der Waals surface area contributed by atoms with Gasteiger partial charge in [-0.3, -0.25) is 9.59 Å². The van der Waals surface area contributed by atoms with E-state index in [-0.39, 0.29) is 5.78 Å². The van der Waals surface area contributed by atoms with Crippen molar-refractivity contribution in [3.05, 3.63) is 12.7 Å². The van der Waals surface area contributed by atoms with Crippen LogP contribution in [-0.2, 0) is 9.59 Å². The summed E-state index contributed by atoms with van der Waals surface area (Å²) in [5.41, 5.74) is -1.44. The summed E-state index contributed by atoms with van der Waals surface area (Å²) in [5.74, 6) is -0.649. The molecule has 0 saturated heterocycles. The van der Waals surface area contributed by atoms with Gasteiger partial charge in [0.05, 0.1) is 0 Å². The molecule has 0 aliphatic carbocycles. The maximum atomic E-state index is 12.5. The van der Waals surface area contributed by atoms with E-state index >= 15 is 0 Å². The van der Waals surface area contributed by atoms with Crippen LogP contribution >= 0.6 is 0 Å². The Morgan fingerprint density at radius 3 is 1.90 bits per heavy atom. The molecule has 6 nitrogen and oxygen atoms in total. The van der Waals surface area contributed by atoms with Crippen LogP contribution < -0.4 is 0 Å². The van der Waals surface area contributed by atoms with Crippen LogP contribution in [0.15, 0.2) is 12.7 Å². The zero-order valence-corrected chi connectivity index (χ0v) is 12.9. The Labute approximate surface area is 119 Å². The lowest BCUT2D eigenvalue weighted by molar-refractivity contribution is -0.145. The molecule has 1 N–H and O–H groups in total. The summed E-state index contributed by atoms with van der Waals surface area (Å²) in [6.07, 6.45) is 1.17. The first-order chi connectivity index (χ1) is 8.96. The lowest BCUT2D eigenvalue weighted by Crippen LogP contribution is -2.45. The second kappa shape index (κ2) is 5.44. The fourth-order valence-corrected chi connectivity index (χ4v) is 1.80. The summed E-state index contributed by atoms with van der Waals surface area (Å²) in [6.45, 7) is 10.4. The number of carbonyl (C=O) groups is 2. The van der Waals surface area contributed by atoms with Crippen molar-refractivity contribution >= 4 is 11.6 Å². The lowest BCUT2D eigenvalue weighted by Gasteiger charge is -2.30. The van der Waals surface area contributed by atoms with E-state index in [1.807, 2.05) is 0 Å². The van der Waals surface area contributed by atoms with E-state index in [0.29, 0.717) is 0 Å². The van der Waals surface area contributed by atoms with E-state index in [0.717, 1.165) is 0 Å². The maximum absolute atomic E-state index is 12.5. The molecule has 2 unspecified atom stereocenters. The number of hydrogen-bond acceptors (Lipinski definition) is 5. The monoisotopic (exact) mass is 281 g/mol. The second-order valence-corrected chi connectivity index (χ2v) is 6.99. The SMILES string of the molecule is CC(C)(C)C(=O)C(O)C(C(=O)C(C)(C)C)n1cncn1. The number of nitrogens with zero attached hydrogens (tertiary/aromatic N) is 3. The minimum atomic E-state index is -1.44. The molecule has 1 aromatic heterocycles. The third-order valence-corrected chi connectivity index (χ3v) is 3.04. The molecule has 2 atom stereocenters. The van der Waals surface area contributed by atoms with Gasteiger partial charge in [-0.05, 0) is 0 Å². The first-order valence-electron chi connectivity index (χ1n) is 6.57. The van der Waals surface area contributed by atoms with Crippen LogP contribution in [0.3, 0.4) is 0 Å². The first kappa shape index (κ1) is 16.5. The summed E-state index contributed by atoms with van der Waals surface area (Å²) in [7, 11) is 0. The Morgan fingerprint density at radius 2 is 1.55 bits per heavy atom. The van der Waals surface area contributed by atoms with Gasteiger partial charge in [-0.2, -0.15) is 5.10 Å². The van der Waals surface area contributed by atoms with Gasteiger partial charge in [-0.15, -0.1) is 0 Å². The summed E-state index contributed by atoms with van der Waals surface area (Å²) in [5, 5.41) is 14.3. The van der Waals surface area contributed by atoms with Gasteiger partial charge in [0.15, 0.2) is 11.6 Å². The molecule has 20 heavy (non-hydrogen) atoms. The van der Waals surface area contributed by atoms with Crippen LogP contribution in [0.25, 0.3) is 0 Å². The molecule has 1 rings (SSSR count). The predicted octanol–water partition coefficient (Wildman–Crippen LogP) is 1.41. The number of rotatable bonds is 4. The molecule has 0 amide bonds. The predicted molar refractivity (Wildman–Crippen MR) is 74.0 cm³/mol. The van der Waals surface area contributed by atoms with E-state index in [2.05, 4.69) is 10.1 Å². The highest BCUT2D eigenvalue weighted by Gasteiger charge is 2.42. The van der Waals surface area contributed by atoms with Crippen LogP contribution in [0.2, 0.25) is 0 Å². The quantitative estimate of drug-likeness (QED) is 0.902. The smallest absolute Gasteiger partial charge is 0.169 e. The third-order valence-electron chi connectivity index (χ3n) is 3.04. The number of Topliss-reactive ketones (excluding diaryl/α,β-unsaturated/α-hetero) is 2. The van der Waals surface area contributed by atoms with Crippen molar-refractivity contribution in [2.45, 2.75) is 53.7 Å². The Hall–Kier alpha value is -1.56. The summed E-state index contributed by atoms with van der Waals surface area (Å²) in [6, 6.07) is -1.05. The van der Waals surface area contributed by atoms with Crippen LogP contribution in [-0.4, -0.2) is 37.5 Å². The van der Waals surface area contributed by atoms with Crippen molar-refractivity contribution in [1.29, 1.82) is 0 Å². The molecule has 0 radical (unpaired) electrons. The fourth-order valence-electron chi connectivity index (χ4n) is 1.80. The van der Waals surface area contributed by atoms with E-state index < -0.39 is 28.8 Å². The molecule has 0 spiro atoms. The molecule has 0 aromatic carbocycles. The van der Waals surface area contributed by atoms with E-state index in [1.165, 1.54) is 17.3 Å².